The van der Waals surface area contributed by atoms with E-state index in [1.807, 2.05) is 12.1 Å². The van der Waals surface area contributed by atoms with Crippen LogP contribution in [0.2, 0.25) is 0 Å². The third kappa shape index (κ3) is 3.93. The van der Waals surface area contributed by atoms with E-state index in [9.17, 15) is 4.39 Å². The fraction of sp³-hybridized carbons (Fsp3) is 0.478. The lowest BCUT2D eigenvalue weighted by molar-refractivity contribution is 0.206. The molecule has 26 heavy (non-hydrogen) atoms. The Hall–Kier alpha value is -1.87. The van der Waals surface area contributed by atoms with Crippen LogP contribution in [0.5, 0.6) is 0 Å². The number of rotatable bonds is 6. The number of aryl methyl sites for hydroxylation is 1. The zero-order valence-corrected chi connectivity index (χ0v) is 15.5. The molecule has 1 fully saturated rings. The maximum absolute atomic E-state index is 13.7. The number of hydrogen-bond acceptors (Lipinski definition) is 2. The summed E-state index contributed by atoms with van der Waals surface area (Å²) < 4.78 is 13.7. The number of benzene rings is 2. The van der Waals surface area contributed by atoms with Crippen LogP contribution < -0.4 is 4.90 Å². The van der Waals surface area contributed by atoms with E-state index in [0.717, 1.165) is 31.4 Å². The molecular formula is C23H29FN2. The summed E-state index contributed by atoms with van der Waals surface area (Å²) in [7, 11) is 0. The first-order valence-corrected chi connectivity index (χ1v) is 10.1. The topological polar surface area (TPSA) is 6.48 Å². The summed E-state index contributed by atoms with van der Waals surface area (Å²) in [5.41, 5.74) is 3.85. The largest absolute Gasteiger partial charge is 0.368 e. The number of hydrogen-bond donors (Lipinski definition) is 0. The van der Waals surface area contributed by atoms with E-state index in [1.165, 1.54) is 50.1 Å². The number of para-hydroxylation sites is 1. The van der Waals surface area contributed by atoms with Gasteiger partial charge in [-0.15, -0.1) is 0 Å². The predicted molar refractivity (Wildman–Crippen MR) is 106 cm³/mol. The molecule has 3 heteroatoms. The summed E-state index contributed by atoms with van der Waals surface area (Å²) >= 11 is 0. The molecule has 0 aliphatic carbocycles. The van der Waals surface area contributed by atoms with Crippen LogP contribution in [-0.2, 0) is 12.8 Å². The van der Waals surface area contributed by atoms with Crippen LogP contribution in [-0.4, -0.2) is 37.1 Å². The molecule has 0 saturated carbocycles. The molecule has 0 N–H and O–H groups in total. The Balaban J connectivity index is 1.19. The molecule has 0 bridgehead atoms. The Morgan fingerprint density at radius 1 is 0.885 bits per heavy atom. The molecule has 0 radical (unpaired) electrons. The standard InChI is InChI=1S/C23H29FN2/c24-22-10-3-1-7-19(22)8-5-6-15-25-16-13-21(14-17-25)26-18-12-20-9-2-4-11-23(20)26/h1-4,7,9-11,21H,5-6,8,12-18H2. The van der Waals surface area contributed by atoms with Crippen molar-refractivity contribution in [3.05, 3.63) is 65.5 Å². The average molecular weight is 352 g/mol. The number of fused-ring (bicyclic) bond motifs is 1. The van der Waals surface area contributed by atoms with Crippen LogP contribution >= 0.6 is 0 Å². The van der Waals surface area contributed by atoms with E-state index in [-0.39, 0.29) is 5.82 Å². The third-order valence-electron chi connectivity index (χ3n) is 6.05. The van der Waals surface area contributed by atoms with Gasteiger partial charge in [0.05, 0.1) is 0 Å². The van der Waals surface area contributed by atoms with Gasteiger partial charge in [-0.1, -0.05) is 36.4 Å². The quantitative estimate of drug-likeness (QED) is 0.697. The van der Waals surface area contributed by atoms with Crippen LogP contribution in [0, 0.1) is 5.82 Å². The van der Waals surface area contributed by atoms with Crippen LogP contribution in [0.4, 0.5) is 10.1 Å². The van der Waals surface area contributed by atoms with Gasteiger partial charge in [0.1, 0.15) is 5.82 Å². The van der Waals surface area contributed by atoms with E-state index in [0.29, 0.717) is 6.04 Å². The van der Waals surface area contributed by atoms with Gasteiger partial charge in [-0.2, -0.15) is 0 Å². The number of piperidine rings is 1. The Labute approximate surface area is 156 Å². The summed E-state index contributed by atoms with van der Waals surface area (Å²) in [6.07, 6.45) is 6.81. The van der Waals surface area contributed by atoms with Gasteiger partial charge in [-0.05, 0) is 68.3 Å². The molecular weight excluding hydrogens is 323 g/mol. The second-order valence-electron chi connectivity index (χ2n) is 7.69. The van der Waals surface area contributed by atoms with Gasteiger partial charge in [-0.3, -0.25) is 0 Å². The average Bonchev–Trinajstić information content (AvgIpc) is 3.11. The first-order valence-electron chi connectivity index (χ1n) is 10.1. The summed E-state index contributed by atoms with van der Waals surface area (Å²) in [5.74, 6) is -0.0563. The van der Waals surface area contributed by atoms with Crippen molar-refractivity contribution in [1.29, 1.82) is 0 Å². The van der Waals surface area contributed by atoms with Crippen molar-refractivity contribution in [3.8, 4) is 0 Å². The minimum absolute atomic E-state index is 0.0563. The van der Waals surface area contributed by atoms with E-state index >= 15 is 0 Å². The smallest absolute Gasteiger partial charge is 0.126 e. The van der Waals surface area contributed by atoms with Gasteiger partial charge in [0.25, 0.3) is 0 Å². The van der Waals surface area contributed by atoms with E-state index in [1.54, 1.807) is 12.1 Å². The number of likely N-dealkylation sites (tertiary alicyclic amines) is 1. The lowest BCUT2D eigenvalue weighted by atomic mass is 10.0. The lowest BCUT2D eigenvalue weighted by Gasteiger charge is -2.38. The number of anilines is 1. The van der Waals surface area contributed by atoms with Crippen molar-refractivity contribution in [2.75, 3.05) is 31.1 Å². The first kappa shape index (κ1) is 17.5. The number of unbranched alkanes of at least 4 members (excludes halogenated alkanes) is 1. The summed E-state index contributed by atoms with van der Waals surface area (Å²) in [5, 5.41) is 0. The fourth-order valence-corrected chi connectivity index (χ4v) is 4.55. The van der Waals surface area contributed by atoms with Crippen molar-refractivity contribution in [2.24, 2.45) is 0 Å². The minimum Gasteiger partial charge on any atom is -0.368 e. The van der Waals surface area contributed by atoms with Crippen molar-refractivity contribution in [2.45, 2.75) is 44.6 Å². The maximum atomic E-state index is 13.7. The molecule has 2 nitrogen and oxygen atoms in total. The highest BCUT2D eigenvalue weighted by atomic mass is 19.1. The highest BCUT2D eigenvalue weighted by Crippen LogP contribution is 2.32. The monoisotopic (exact) mass is 352 g/mol. The summed E-state index contributed by atoms with van der Waals surface area (Å²) in [6, 6.07) is 16.8. The second-order valence-corrected chi connectivity index (χ2v) is 7.69. The van der Waals surface area contributed by atoms with Gasteiger partial charge in [-0.25, -0.2) is 4.39 Å². The van der Waals surface area contributed by atoms with Gasteiger partial charge < -0.3 is 9.80 Å². The molecule has 0 atom stereocenters. The Morgan fingerprint density at radius 2 is 1.65 bits per heavy atom. The van der Waals surface area contributed by atoms with Crippen LogP contribution in [0.25, 0.3) is 0 Å². The Kier molecular flexibility index (Phi) is 5.54. The molecule has 0 amide bonds. The zero-order valence-electron chi connectivity index (χ0n) is 15.5. The Bertz CT molecular complexity index is 722. The molecule has 138 valence electrons. The van der Waals surface area contributed by atoms with E-state index in [4.69, 9.17) is 0 Å². The normalized spacial score (nSPS) is 18.3. The van der Waals surface area contributed by atoms with E-state index in [2.05, 4.69) is 34.1 Å². The molecule has 2 aromatic rings. The maximum Gasteiger partial charge on any atom is 0.126 e. The van der Waals surface area contributed by atoms with Gasteiger partial charge in [0.2, 0.25) is 0 Å². The second kappa shape index (κ2) is 8.22. The summed E-state index contributed by atoms with van der Waals surface area (Å²) in [4.78, 5) is 5.24. The van der Waals surface area contributed by atoms with Crippen molar-refractivity contribution in [3.63, 3.8) is 0 Å². The van der Waals surface area contributed by atoms with Gasteiger partial charge in [0.15, 0.2) is 0 Å². The van der Waals surface area contributed by atoms with Crippen LogP contribution in [0.15, 0.2) is 48.5 Å². The van der Waals surface area contributed by atoms with Crippen LogP contribution in [0.3, 0.4) is 0 Å². The third-order valence-corrected chi connectivity index (χ3v) is 6.05. The molecule has 1 saturated heterocycles. The van der Waals surface area contributed by atoms with Gasteiger partial charge >= 0.3 is 0 Å². The first-order chi connectivity index (χ1) is 12.8. The molecule has 2 aliphatic heterocycles. The predicted octanol–water partition coefficient (Wildman–Crippen LogP) is 4.68. The minimum atomic E-state index is -0.0563. The van der Waals surface area contributed by atoms with Crippen molar-refractivity contribution >= 4 is 5.69 Å². The highest BCUT2D eigenvalue weighted by Gasteiger charge is 2.28. The number of nitrogens with zero attached hydrogens (tertiary/aromatic N) is 2. The molecule has 2 aliphatic rings. The molecule has 2 aromatic carbocycles. The molecule has 0 aromatic heterocycles. The Morgan fingerprint density at radius 3 is 2.50 bits per heavy atom. The van der Waals surface area contributed by atoms with E-state index < -0.39 is 0 Å². The van der Waals surface area contributed by atoms with Crippen molar-refractivity contribution < 1.29 is 4.39 Å². The molecule has 0 spiro atoms. The summed E-state index contributed by atoms with van der Waals surface area (Å²) in [6.45, 7) is 4.73. The molecule has 4 rings (SSSR count). The van der Waals surface area contributed by atoms with Crippen LogP contribution in [0.1, 0.15) is 36.8 Å². The number of halogens is 1. The molecule has 0 unspecified atom stereocenters. The highest BCUT2D eigenvalue weighted by molar-refractivity contribution is 5.58. The molecule has 2 heterocycles. The lowest BCUT2D eigenvalue weighted by Crippen LogP contribution is -2.44. The van der Waals surface area contributed by atoms with Crippen molar-refractivity contribution in [1.82, 2.24) is 4.90 Å². The fourth-order valence-electron chi connectivity index (χ4n) is 4.55. The zero-order chi connectivity index (χ0) is 17.8. The SMILES string of the molecule is Fc1ccccc1CCCCN1CCC(N2CCc3ccccc32)CC1. The van der Waals surface area contributed by atoms with Gasteiger partial charge in [0, 0.05) is 31.4 Å².